The fraction of sp³-hybridized carbons (Fsp3) is 0.889. The minimum absolute atomic E-state index is 0.235. The topological polar surface area (TPSA) is 83.5 Å². The molecular formula is C27H50N4O4. The minimum atomic E-state index is -0.648. The maximum Gasteiger partial charge on any atom is 0.417 e. The molecule has 0 aromatic rings. The quantitative estimate of drug-likeness (QED) is 0.256. The maximum absolute atomic E-state index is 13.2. The molecule has 0 aromatic carbocycles. The van der Waals surface area contributed by atoms with Gasteiger partial charge in [0.25, 0.3) is 0 Å². The summed E-state index contributed by atoms with van der Waals surface area (Å²) < 4.78 is 11.2. The molecule has 0 unspecified atom stereocenters. The number of aliphatic imine (C=N–C) groups is 1. The lowest BCUT2D eigenvalue weighted by Crippen LogP contribution is -2.50. The Hall–Kier alpha value is -1.83. The first-order chi connectivity index (χ1) is 16.4. The van der Waals surface area contributed by atoms with Crippen molar-refractivity contribution in [3.8, 4) is 0 Å². The number of nitrogens with zero attached hydrogens (tertiary/aromatic N) is 3. The smallest absolute Gasteiger partial charge is 0.417 e. The summed E-state index contributed by atoms with van der Waals surface area (Å²) in [5.74, 6) is 0.707. The zero-order valence-corrected chi connectivity index (χ0v) is 23.2. The zero-order chi connectivity index (χ0) is 25.9. The van der Waals surface area contributed by atoms with Crippen molar-refractivity contribution in [2.24, 2.45) is 10.9 Å². The predicted octanol–water partition coefficient (Wildman–Crippen LogP) is 5.95. The summed E-state index contributed by atoms with van der Waals surface area (Å²) in [6.07, 6.45) is 10.3. The number of guanidine groups is 1. The molecular weight excluding hydrogens is 444 g/mol. The van der Waals surface area contributed by atoms with Gasteiger partial charge in [0, 0.05) is 13.1 Å². The highest BCUT2D eigenvalue weighted by Gasteiger charge is 2.28. The Balaban J connectivity index is 2.10. The summed E-state index contributed by atoms with van der Waals surface area (Å²) in [6.45, 7) is 15.5. The van der Waals surface area contributed by atoms with Crippen LogP contribution < -0.4 is 5.32 Å². The molecule has 0 atom stereocenters. The number of amides is 2. The molecule has 1 heterocycles. The first-order valence-electron chi connectivity index (χ1n) is 13.7. The Labute approximate surface area is 213 Å². The number of nitrogens with one attached hydrogen (secondary N) is 1. The van der Waals surface area contributed by atoms with Crippen LogP contribution in [0.1, 0.15) is 106 Å². The molecule has 2 rings (SSSR count). The summed E-state index contributed by atoms with van der Waals surface area (Å²) in [4.78, 5) is 34.6. The second-order valence-electron chi connectivity index (χ2n) is 12.0. The molecule has 1 aliphatic carbocycles. The number of likely N-dealkylation sites (tertiary alicyclic amines) is 1. The Morgan fingerprint density at radius 2 is 1.51 bits per heavy atom. The van der Waals surface area contributed by atoms with E-state index in [0.717, 1.165) is 38.6 Å². The van der Waals surface area contributed by atoms with Crippen LogP contribution in [0.4, 0.5) is 9.59 Å². The number of alkyl carbamates (subject to hydrolysis) is 1. The van der Waals surface area contributed by atoms with Gasteiger partial charge in [-0.05, 0) is 106 Å². The van der Waals surface area contributed by atoms with Crippen LogP contribution in [-0.2, 0) is 9.47 Å². The summed E-state index contributed by atoms with van der Waals surface area (Å²) in [6, 6.07) is 0. The lowest BCUT2D eigenvalue weighted by Gasteiger charge is -2.29. The second kappa shape index (κ2) is 14.0. The largest absolute Gasteiger partial charge is 0.444 e. The average Bonchev–Trinajstić information content (AvgIpc) is 3.25. The van der Waals surface area contributed by atoms with Crippen LogP contribution in [0.15, 0.2) is 4.99 Å². The van der Waals surface area contributed by atoms with Gasteiger partial charge >= 0.3 is 12.2 Å². The highest BCUT2D eigenvalue weighted by atomic mass is 16.6. The van der Waals surface area contributed by atoms with Crippen molar-refractivity contribution in [3.05, 3.63) is 0 Å². The van der Waals surface area contributed by atoms with Gasteiger partial charge in [-0.2, -0.15) is 0 Å². The molecule has 1 saturated heterocycles. The lowest BCUT2D eigenvalue weighted by molar-refractivity contribution is 0.0355. The van der Waals surface area contributed by atoms with Gasteiger partial charge in [-0.1, -0.05) is 25.7 Å². The van der Waals surface area contributed by atoms with Gasteiger partial charge in [-0.25, -0.2) is 14.5 Å². The molecule has 202 valence electrons. The van der Waals surface area contributed by atoms with Gasteiger partial charge in [0.15, 0.2) is 0 Å². The van der Waals surface area contributed by atoms with Crippen molar-refractivity contribution >= 4 is 18.1 Å². The molecule has 1 aliphatic heterocycles. The van der Waals surface area contributed by atoms with Crippen LogP contribution in [0.2, 0.25) is 0 Å². The first kappa shape index (κ1) is 29.4. The van der Waals surface area contributed by atoms with E-state index >= 15 is 0 Å². The monoisotopic (exact) mass is 494 g/mol. The van der Waals surface area contributed by atoms with E-state index in [2.05, 4.69) is 10.2 Å². The third-order valence-corrected chi connectivity index (χ3v) is 6.26. The van der Waals surface area contributed by atoms with Crippen molar-refractivity contribution in [2.75, 3.05) is 32.7 Å². The average molecular weight is 495 g/mol. The Kier molecular flexibility index (Phi) is 11.8. The van der Waals surface area contributed by atoms with Crippen LogP contribution in [0, 0.1) is 5.92 Å². The highest BCUT2D eigenvalue weighted by Crippen LogP contribution is 2.24. The number of unbranched alkanes of at least 4 members (excludes halogenated alkanes) is 2. The van der Waals surface area contributed by atoms with Gasteiger partial charge in [0.2, 0.25) is 5.96 Å². The van der Waals surface area contributed by atoms with Gasteiger partial charge < -0.3 is 14.4 Å². The molecule has 0 bridgehead atoms. The zero-order valence-electron chi connectivity index (χ0n) is 23.2. The minimum Gasteiger partial charge on any atom is -0.444 e. The van der Waals surface area contributed by atoms with Crippen LogP contribution in [0.5, 0.6) is 0 Å². The van der Waals surface area contributed by atoms with E-state index in [-0.39, 0.29) is 5.96 Å². The van der Waals surface area contributed by atoms with Crippen LogP contribution in [-0.4, -0.2) is 71.9 Å². The van der Waals surface area contributed by atoms with Crippen molar-refractivity contribution < 1.29 is 19.1 Å². The van der Waals surface area contributed by atoms with Crippen molar-refractivity contribution in [1.82, 2.24) is 15.1 Å². The molecule has 8 heteroatoms. The van der Waals surface area contributed by atoms with E-state index in [4.69, 9.17) is 14.5 Å². The first-order valence-corrected chi connectivity index (χ1v) is 13.7. The van der Waals surface area contributed by atoms with E-state index in [1.165, 1.54) is 50.1 Å². The second-order valence-corrected chi connectivity index (χ2v) is 12.0. The highest BCUT2D eigenvalue weighted by molar-refractivity contribution is 6.01. The van der Waals surface area contributed by atoms with Crippen LogP contribution in [0.25, 0.3) is 0 Å². The van der Waals surface area contributed by atoms with Crippen LogP contribution >= 0.6 is 0 Å². The van der Waals surface area contributed by atoms with Crippen LogP contribution in [0.3, 0.4) is 0 Å². The SMILES string of the molecule is CC(C)(C)OC(=O)NC(=NCC1CCCCC1)N(CCCCCN1CCCC1)C(=O)OC(C)(C)C. The molecule has 0 radical (unpaired) electrons. The van der Waals surface area contributed by atoms with Crippen molar-refractivity contribution in [3.63, 3.8) is 0 Å². The normalized spacial score (nSPS) is 18.4. The Bertz CT molecular complexity index is 684. The van der Waals surface area contributed by atoms with E-state index in [1.807, 2.05) is 41.5 Å². The lowest BCUT2D eigenvalue weighted by atomic mass is 9.89. The summed E-state index contributed by atoms with van der Waals surface area (Å²) >= 11 is 0. The van der Waals surface area contributed by atoms with E-state index in [0.29, 0.717) is 19.0 Å². The third-order valence-electron chi connectivity index (χ3n) is 6.26. The number of rotatable bonds is 8. The molecule has 1 saturated carbocycles. The number of carbonyl (C=O) groups excluding carboxylic acids is 2. The summed E-state index contributed by atoms with van der Waals surface area (Å²) in [7, 11) is 0. The molecule has 0 aromatic heterocycles. The fourth-order valence-corrected chi connectivity index (χ4v) is 4.56. The fourth-order valence-electron chi connectivity index (χ4n) is 4.56. The molecule has 2 aliphatic rings. The Morgan fingerprint density at radius 1 is 0.886 bits per heavy atom. The molecule has 8 nitrogen and oxygen atoms in total. The predicted molar refractivity (Wildman–Crippen MR) is 141 cm³/mol. The summed E-state index contributed by atoms with van der Waals surface area (Å²) in [5.41, 5.74) is -1.30. The Morgan fingerprint density at radius 3 is 2.11 bits per heavy atom. The van der Waals surface area contributed by atoms with E-state index < -0.39 is 23.4 Å². The molecule has 35 heavy (non-hydrogen) atoms. The van der Waals surface area contributed by atoms with E-state index in [9.17, 15) is 9.59 Å². The summed E-state index contributed by atoms with van der Waals surface area (Å²) in [5, 5.41) is 2.77. The number of hydrogen-bond acceptors (Lipinski definition) is 6. The number of carbonyl (C=O) groups is 2. The standard InChI is InChI=1S/C27H50N4O4/c1-26(2,3)34-24(32)29-23(28-21-22-15-9-7-10-16-22)31(25(33)35-27(4,5)6)20-12-8-11-17-30-18-13-14-19-30/h22H,7-21H2,1-6H3,(H,28,29,32). The van der Waals surface area contributed by atoms with Gasteiger partial charge in [-0.15, -0.1) is 0 Å². The third kappa shape index (κ3) is 12.6. The van der Waals surface area contributed by atoms with Crippen molar-refractivity contribution in [2.45, 2.75) is 117 Å². The maximum atomic E-state index is 13.2. The molecule has 2 fully saturated rings. The van der Waals surface area contributed by atoms with E-state index in [1.54, 1.807) is 0 Å². The number of hydrogen-bond donors (Lipinski definition) is 1. The molecule has 1 N–H and O–H groups in total. The number of ether oxygens (including phenoxy) is 2. The molecule has 0 spiro atoms. The van der Waals surface area contributed by atoms with Gasteiger partial charge in [0.1, 0.15) is 11.2 Å². The molecule has 2 amide bonds. The van der Waals surface area contributed by atoms with Crippen molar-refractivity contribution in [1.29, 1.82) is 0 Å². The van der Waals surface area contributed by atoms with Gasteiger partial charge in [0.05, 0.1) is 0 Å². The van der Waals surface area contributed by atoms with Gasteiger partial charge in [-0.3, -0.25) is 10.3 Å².